The summed E-state index contributed by atoms with van der Waals surface area (Å²) in [7, 11) is -0.0788. The highest BCUT2D eigenvalue weighted by Crippen LogP contribution is 2.36. The second kappa shape index (κ2) is 8.42. The van der Waals surface area contributed by atoms with Gasteiger partial charge in [-0.3, -0.25) is 3.97 Å². The third kappa shape index (κ3) is 3.91. The zero-order valence-electron chi connectivity index (χ0n) is 15.8. The Morgan fingerprint density at radius 1 is 1.21 bits per heavy atom. The quantitative estimate of drug-likeness (QED) is 0.589. The molecule has 1 unspecified atom stereocenters. The van der Waals surface area contributed by atoms with Crippen LogP contribution in [0.15, 0.2) is 47.5 Å². The van der Waals surface area contributed by atoms with Crippen LogP contribution in [0.25, 0.3) is 10.9 Å². The van der Waals surface area contributed by atoms with Gasteiger partial charge in [-0.1, -0.05) is 17.7 Å². The van der Waals surface area contributed by atoms with E-state index in [1.165, 1.54) is 10.2 Å². The van der Waals surface area contributed by atoms with E-state index < -0.39 is 17.4 Å². The highest BCUT2D eigenvalue weighted by atomic mass is 35.5. The summed E-state index contributed by atoms with van der Waals surface area (Å²) in [5.41, 5.74) is 1.27. The number of nitrogens with one attached hydrogen (secondary N) is 1. The van der Waals surface area contributed by atoms with Crippen LogP contribution in [0.5, 0.6) is 5.75 Å². The van der Waals surface area contributed by atoms with E-state index in [1.54, 1.807) is 37.4 Å². The molecular weight excluding hydrogens is 418 g/mol. The van der Waals surface area contributed by atoms with E-state index in [1.807, 2.05) is 6.07 Å². The molecule has 2 heterocycles. The van der Waals surface area contributed by atoms with Crippen LogP contribution < -0.4 is 10.1 Å². The number of aromatic nitrogens is 1. The smallest absolute Gasteiger partial charge is 0.265 e. The highest BCUT2D eigenvalue weighted by Gasteiger charge is 2.23. The Bertz CT molecular complexity index is 1060. The van der Waals surface area contributed by atoms with Crippen molar-refractivity contribution in [2.45, 2.75) is 30.1 Å². The molecule has 1 saturated heterocycles. The van der Waals surface area contributed by atoms with Crippen molar-refractivity contribution in [2.24, 2.45) is 0 Å². The Morgan fingerprint density at radius 3 is 2.66 bits per heavy atom. The summed E-state index contributed by atoms with van der Waals surface area (Å²) in [4.78, 5) is 0.539. The summed E-state index contributed by atoms with van der Waals surface area (Å²) >= 11 is 6.07. The number of ether oxygens (including phenoxy) is 1. The van der Waals surface area contributed by atoms with E-state index in [0.29, 0.717) is 26.7 Å². The fourth-order valence-electron chi connectivity index (χ4n) is 3.89. The lowest BCUT2D eigenvalue weighted by Crippen LogP contribution is -2.26. The Kier molecular flexibility index (Phi) is 5.90. The molecule has 0 aliphatic carbocycles. The van der Waals surface area contributed by atoms with Crippen LogP contribution >= 0.6 is 11.6 Å². The first-order valence-corrected chi connectivity index (χ1v) is 10.9. The number of benzene rings is 2. The Morgan fingerprint density at radius 2 is 1.97 bits per heavy atom. The minimum Gasteiger partial charge on any atom is -0.496 e. The number of nitrogens with zero attached hydrogens (tertiary/aromatic N) is 1. The topological polar surface area (TPSA) is 43.3 Å². The van der Waals surface area contributed by atoms with Gasteiger partial charge in [0.2, 0.25) is 0 Å². The number of fused-ring (bicyclic) bond motifs is 1. The van der Waals surface area contributed by atoms with Crippen molar-refractivity contribution in [3.05, 3.63) is 58.7 Å². The number of methoxy groups -OCH3 is 1. The van der Waals surface area contributed by atoms with Gasteiger partial charge in [-0.05, 0) is 67.7 Å². The van der Waals surface area contributed by atoms with Crippen LogP contribution in [0.1, 0.15) is 36.3 Å². The largest absolute Gasteiger partial charge is 0.496 e. The van der Waals surface area contributed by atoms with E-state index in [9.17, 15) is 13.0 Å². The second-order valence-electron chi connectivity index (χ2n) is 7.05. The number of halogens is 3. The summed E-state index contributed by atoms with van der Waals surface area (Å²) in [5, 5.41) is 4.09. The average Bonchev–Trinajstić information content (AvgIpc) is 3.12. The van der Waals surface area contributed by atoms with Crippen molar-refractivity contribution in [3.8, 4) is 5.75 Å². The van der Waals surface area contributed by atoms with Crippen molar-refractivity contribution >= 4 is 33.5 Å². The number of alkyl halides is 2. The number of rotatable bonds is 5. The minimum atomic E-state index is -2.67. The van der Waals surface area contributed by atoms with Gasteiger partial charge < -0.3 is 10.1 Å². The highest BCUT2D eigenvalue weighted by molar-refractivity contribution is 7.83. The van der Waals surface area contributed by atoms with Crippen molar-refractivity contribution in [2.75, 3.05) is 20.2 Å². The number of hydrogen-bond donors (Lipinski definition) is 1. The van der Waals surface area contributed by atoms with Crippen LogP contribution in [0.2, 0.25) is 5.02 Å². The second-order valence-corrected chi connectivity index (χ2v) is 8.85. The summed E-state index contributed by atoms with van der Waals surface area (Å²) in [5.74, 6) is 1.06. The third-order valence-corrected chi connectivity index (χ3v) is 6.91. The zero-order chi connectivity index (χ0) is 20.5. The van der Waals surface area contributed by atoms with E-state index in [2.05, 4.69) is 5.32 Å². The fraction of sp³-hybridized carbons (Fsp3) is 0.333. The first kappa shape index (κ1) is 20.3. The molecule has 4 rings (SSSR count). The van der Waals surface area contributed by atoms with Crippen LogP contribution in [-0.2, 0) is 11.0 Å². The average molecular weight is 439 g/mol. The monoisotopic (exact) mass is 438 g/mol. The zero-order valence-corrected chi connectivity index (χ0v) is 17.4. The standard InChI is InChI=1S/C21H21ClF2N2O2S/c1-28-20-5-3-15(11-17(20)13-6-8-25-9-7-13)29(27)26-12-18(21(23)24)16-4-2-14(22)10-19(16)26/h2-5,10-13,21,25H,6-9H2,1H3. The van der Waals surface area contributed by atoms with Gasteiger partial charge in [0.05, 0.1) is 17.5 Å². The van der Waals surface area contributed by atoms with E-state index in [0.717, 1.165) is 37.2 Å². The van der Waals surface area contributed by atoms with Crippen LogP contribution in [0.4, 0.5) is 8.78 Å². The first-order chi connectivity index (χ1) is 14.0. The first-order valence-electron chi connectivity index (χ1n) is 9.39. The predicted molar refractivity (Wildman–Crippen MR) is 112 cm³/mol. The molecule has 1 aromatic heterocycles. The molecular formula is C21H21ClF2N2O2S. The van der Waals surface area contributed by atoms with E-state index >= 15 is 0 Å². The molecule has 1 aliphatic rings. The molecule has 8 heteroatoms. The summed E-state index contributed by atoms with van der Waals surface area (Å²) in [6.07, 6.45) is 0.516. The SMILES string of the molecule is COc1ccc(S(=O)n2cc(C(F)F)c3ccc(Cl)cc32)cc1C1CCNCC1. The van der Waals surface area contributed by atoms with Gasteiger partial charge in [0, 0.05) is 22.2 Å². The fourth-order valence-corrected chi connectivity index (χ4v) is 5.24. The molecule has 1 fully saturated rings. The maximum atomic E-state index is 13.5. The molecule has 0 spiro atoms. The van der Waals surface area contributed by atoms with E-state index in [-0.39, 0.29) is 5.56 Å². The molecule has 154 valence electrons. The van der Waals surface area contributed by atoms with Gasteiger partial charge in [0.1, 0.15) is 5.75 Å². The normalized spacial score (nSPS) is 16.4. The summed E-state index contributed by atoms with van der Waals surface area (Å²) in [6, 6.07) is 10.1. The molecule has 4 nitrogen and oxygen atoms in total. The molecule has 0 bridgehead atoms. The lowest BCUT2D eigenvalue weighted by atomic mass is 9.89. The minimum absolute atomic E-state index is 0.155. The predicted octanol–water partition coefficient (Wildman–Crippen LogP) is 5.28. The van der Waals surface area contributed by atoms with Gasteiger partial charge in [-0.2, -0.15) is 0 Å². The molecule has 1 aliphatic heterocycles. The van der Waals surface area contributed by atoms with Gasteiger partial charge in [0.25, 0.3) is 6.43 Å². The van der Waals surface area contributed by atoms with Crippen molar-refractivity contribution in [3.63, 3.8) is 0 Å². The lowest BCUT2D eigenvalue weighted by Gasteiger charge is -2.25. The molecule has 29 heavy (non-hydrogen) atoms. The number of piperidine rings is 1. The molecule has 3 aromatic rings. The van der Waals surface area contributed by atoms with Crippen LogP contribution in [0.3, 0.4) is 0 Å². The molecule has 1 N–H and O–H groups in total. The molecule has 2 aromatic carbocycles. The Labute approximate surface area is 175 Å². The lowest BCUT2D eigenvalue weighted by molar-refractivity contribution is 0.153. The number of hydrogen-bond acceptors (Lipinski definition) is 3. The van der Waals surface area contributed by atoms with Crippen molar-refractivity contribution < 1.29 is 17.7 Å². The Balaban J connectivity index is 1.80. The van der Waals surface area contributed by atoms with Crippen LogP contribution in [0, 0.1) is 0 Å². The molecule has 0 saturated carbocycles. The van der Waals surface area contributed by atoms with Gasteiger partial charge in [0.15, 0.2) is 11.0 Å². The molecule has 0 radical (unpaired) electrons. The van der Waals surface area contributed by atoms with Gasteiger partial charge >= 0.3 is 0 Å². The van der Waals surface area contributed by atoms with Gasteiger partial charge in [-0.25, -0.2) is 13.0 Å². The Hall–Kier alpha value is -1.96. The van der Waals surface area contributed by atoms with Gasteiger partial charge in [-0.15, -0.1) is 0 Å². The van der Waals surface area contributed by atoms with Crippen molar-refractivity contribution in [1.82, 2.24) is 9.29 Å². The van der Waals surface area contributed by atoms with Crippen LogP contribution in [-0.4, -0.2) is 28.4 Å². The molecule has 1 atom stereocenters. The summed E-state index contributed by atoms with van der Waals surface area (Å²) < 4.78 is 47.3. The summed E-state index contributed by atoms with van der Waals surface area (Å²) in [6.45, 7) is 1.83. The third-order valence-electron chi connectivity index (χ3n) is 5.36. The maximum absolute atomic E-state index is 13.5. The maximum Gasteiger partial charge on any atom is 0.265 e. The van der Waals surface area contributed by atoms with E-state index in [4.69, 9.17) is 16.3 Å². The molecule has 0 amide bonds. The van der Waals surface area contributed by atoms with Crippen molar-refractivity contribution in [1.29, 1.82) is 0 Å².